The van der Waals surface area contributed by atoms with Gasteiger partial charge >= 0.3 is 6.09 Å². The molecule has 21 heavy (non-hydrogen) atoms. The molecule has 5 heteroatoms. The largest absolute Gasteiger partial charge is 0.444 e. The average Bonchev–Trinajstić information content (AvgIpc) is 3.01. The maximum absolute atomic E-state index is 11.8. The molecule has 0 spiro atoms. The van der Waals surface area contributed by atoms with Crippen molar-refractivity contribution in [1.29, 1.82) is 0 Å². The highest BCUT2D eigenvalue weighted by Crippen LogP contribution is 2.66. The Morgan fingerprint density at radius 3 is 2.76 bits per heavy atom. The number of nitrogens with one attached hydrogen (secondary N) is 1. The van der Waals surface area contributed by atoms with E-state index in [0.29, 0.717) is 42.2 Å². The minimum absolute atomic E-state index is 0.0982. The van der Waals surface area contributed by atoms with E-state index in [0.717, 1.165) is 12.8 Å². The van der Waals surface area contributed by atoms with E-state index in [1.807, 2.05) is 20.8 Å². The monoisotopic (exact) mass is 295 g/mol. The van der Waals surface area contributed by atoms with Crippen molar-refractivity contribution in [1.82, 2.24) is 5.32 Å². The second kappa shape index (κ2) is 4.35. The molecular formula is C16H25NO4. The van der Waals surface area contributed by atoms with Gasteiger partial charge in [-0.15, -0.1) is 0 Å². The number of ether oxygens (including phenoxy) is 2. The molecule has 0 aromatic rings. The van der Waals surface area contributed by atoms with Crippen LogP contribution in [0.3, 0.4) is 0 Å². The molecule has 4 fully saturated rings. The zero-order valence-corrected chi connectivity index (χ0v) is 12.9. The maximum Gasteiger partial charge on any atom is 0.407 e. The van der Waals surface area contributed by atoms with E-state index in [1.54, 1.807) is 0 Å². The fourth-order valence-corrected chi connectivity index (χ4v) is 5.49. The zero-order valence-electron chi connectivity index (χ0n) is 12.9. The third kappa shape index (κ3) is 2.00. The van der Waals surface area contributed by atoms with E-state index in [-0.39, 0.29) is 18.3 Å². The van der Waals surface area contributed by atoms with E-state index in [4.69, 9.17) is 9.47 Å². The van der Waals surface area contributed by atoms with Gasteiger partial charge in [0.1, 0.15) is 5.60 Å². The minimum Gasteiger partial charge on any atom is -0.444 e. The van der Waals surface area contributed by atoms with E-state index in [9.17, 15) is 9.90 Å². The summed E-state index contributed by atoms with van der Waals surface area (Å²) in [6.45, 7) is 6.24. The van der Waals surface area contributed by atoms with E-state index >= 15 is 0 Å². The number of fused-ring (bicyclic) bond motifs is 2. The first-order valence-electron chi connectivity index (χ1n) is 8.15. The van der Waals surface area contributed by atoms with Gasteiger partial charge in [-0.2, -0.15) is 0 Å². The Kier molecular flexibility index (Phi) is 2.87. The lowest BCUT2D eigenvalue weighted by molar-refractivity contribution is -0.0570. The Balaban J connectivity index is 1.39. The molecule has 0 radical (unpaired) electrons. The summed E-state index contributed by atoms with van der Waals surface area (Å²) in [5.74, 6) is 2.49. The Bertz CT molecular complexity index is 460. The van der Waals surface area contributed by atoms with E-state index in [2.05, 4.69) is 5.32 Å². The molecule has 3 aliphatic carbocycles. The summed E-state index contributed by atoms with van der Waals surface area (Å²) in [6, 6.07) is 0. The summed E-state index contributed by atoms with van der Waals surface area (Å²) in [4.78, 5) is 11.8. The predicted octanol–water partition coefficient (Wildman–Crippen LogP) is 1.54. The number of hydrogen-bond acceptors (Lipinski definition) is 4. The van der Waals surface area contributed by atoms with Gasteiger partial charge in [-0.25, -0.2) is 4.79 Å². The molecule has 0 aromatic carbocycles. The molecule has 1 heterocycles. The third-order valence-corrected chi connectivity index (χ3v) is 5.92. The quantitative estimate of drug-likeness (QED) is 0.811. The van der Waals surface area contributed by atoms with E-state index in [1.165, 1.54) is 0 Å². The highest BCUT2D eigenvalue weighted by Gasteiger charge is 2.69. The van der Waals surface area contributed by atoms with Crippen LogP contribution in [0.4, 0.5) is 4.79 Å². The molecule has 2 N–H and O–H groups in total. The Morgan fingerprint density at radius 2 is 2.05 bits per heavy atom. The number of hydrogen-bond donors (Lipinski definition) is 2. The van der Waals surface area contributed by atoms with Gasteiger partial charge in [0, 0.05) is 6.54 Å². The van der Waals surface area contributed by atoms with Gasteiger partial charge in [0.15, 0.2) is 0 Å². The fourth-order valence-electron chi connectivity index (χ4n) is 5.49. The van der Waals surface area contributed by atoms with Crippen LogP contribution >= 0.6 is 0 Å². The van der Waals surface area contributed by atoms with Crippen molar-refractivity contribution in [3.8, 4) is 0 Å². The molecule has 8 atom stereocenters. The summed E-state index contributed by atoms with van der Waals surface area (Å²) in [6.07, 6.45) is 1.90. The van der Waals surface area contributed by atoms with E-state index < -0.39 is 5.60 Å². The van der Waals surface area contributed by atoms with Crippen molar-refractivity contribution in [2.45, 2.75) is 57.5 Å². The zero-order chi connectivity index (χ0) is 14.9. The van der Waals surface area contributed by atoms with Crippen LogP contribution in [0.2, 0.25) is 0 Å². The first-order chi connectivity index (χ1) is 9.85. The molecule has 2 bridgehead atoms. The number of carbonyl (C=O) groups excluding carboxylic acids is 1. The summed E-state index contributed by atoms with van der Waals surface area (Å²) < 4.78 is 11.4. The smallest absolute Gasteiger partial charge is 0.407 e. The number of carbonyl (C=O) groups is 1. The van der Waals surface area contributed by atoms with Crippen LogP contribution in [-0.4, -0.2) is 41.7 Å². The molecule has 1 aliphatic heterocycles. The van der Waals surface area contributed by atoms with Crippen LogP contribution in [0.5, 0.6) is 0 Å². The molecule has 118 valence electrons. The molecule has 0 unspecified atom stereocenters. The summed E-state index contributed by atoms with van der Waals surface area (Å²) in [5, 5.41) is 13.2. The van der Waals surface area contributed by atoms with Crippen molar-refractivity contribution >= 4 is 6.09 Å². The fraction of sp³-hybridized carbons (Fsp3) is 0.938. The average molecular weight is 295 g/mol. The molecule has 1 amide bonds. The SMILES string of the molecule is CC(C)(C)OC(=O)NC[C@H]1C[C@@H]2O[C@@H]3[C@@H](O)[C@H]4C[C@@H]3[C@@H]2[C@@H]14. The summed E-state index contributed by atoms with van der Waals surface area (Å²) in [7, 11) is 0. The Hall–Kier alpha value is -0.810. The molecule has 4 aliphatic rings. The van der Waals surface area contributed by atoms with Crippen LogP contribution < -0.4 is 5.32 Å². The van der Waals surface area contributed by atoms with Crippen molar-refractivity contribution in [3.63, 3.8) is 0 Å². The minimum atomic E-state index is -0.463. The summed E-state index contributed by atoms with van der Waals surface area (Å²) in [5.41, 5.74) is -0.463. The third-order valence-electron chi connectivity index (χ3n) is 5.92. The van der Waals surface area contributed by atoms with Crippen LogP contribution in [0.25, 0.3) is 0 Å². The number of rotatable bonds is 2. The lowest BCUT2D eigenvalue weighted by Crippen LogP contribution is -2.42. The van der Waals surface area contributed by atoms with Crippen LogP contribution in [-0.2, 0) is 9.47 Å². The topological polar surface area (TPSA) is 67.8 Å². The number of aliphatic hydroxyl groups is 1. The maximum atomic E-state index is 11.8. The predicted molar refractivity (Wildman–Crippen MR) is 75.6 cm³/mol. The Morgan fingerprint density at radius 1 is 1.29 bits per heavy atom. The second-order valence-electron chi connectivity index (χ2n) is 8.23. The molecule has 5 nitrogen and oxygen atoms in total. The van der Waals surface area contributed by atoms with Gasteiger partial charge in [0.25, 0.3) is 0 Å². The lowest BCUT2D eigenvalue weighted by Gasteiger charge is -2.33. The van der Waals surface area contributed by atoms with Crippen LogP contribution in [0.15, 0.2) is 0 Å². The van der Waals surface area contributed by atoms with Crippen molar-refractivity contribution in [2.24, 2.45) is 29.6 Å². The van der Waals surface area contributed by atoms with Crippen molar-refractivity contribution in [2.75, 3.05) is 6.54 Å². The van der Waals surface area contributed by atoms with Gasteiger partial charge in [-0.1, -0.05) is 0 Å². The summed E-state index contributed by atoms with van der Waals surface area (Å²) >= 11 is 0. The molecule has 3 saturated carbocycles. The molecule has 0 aromatic heterocycles. The first-order valence-corrected chi connectivity index (χ1v) is 8.15. The van der Waals surface area contributed by atoms with Gasteiger partial charge in [-0.05, 0) is 63.2 Å². The van der Waals surface area contributed by atoms with Gasteiger partial charge in [0.2, 0.25) is 0 Å². The highest BCUT2D eigenvalue weighted by atomic mass is 16.6. The highest BCUT2D eigenvalue weighted by molar-refractivity contribution is 5.67. The number of amides is 1. The lowest BCUT2D eigenvalue weighted by atomic mass is 9.76. The number of aliphatic hydroxyl groups excluding tert-OH is 1. The van der Waals surface area contributed by atoms with Crippen molar-refractivity contribution in [3.05, 3.63) is 0 Å². The van der Waals surface area contributed by atoms with Crippen molar-refractivity contribution < 1.29 is 19.4 Å². The molecule has 1 saturated heterocycles. The second-order valence-corrected chi connectivity index (χ2v) is 8.23. The molecule has 4 rings (SSSR count). The number of alkyl carbamates (subject to hydrolysis) is 1. The Labute approximate surface area is 125 Å². The normalized spacial score (nSPS) is 49.7. The van der Waals surface area contributed by atoms with Gasteiger partial charge in [0.05, 0.1) is 18.3 Å². The standard InChI is InChI=1S/C16H25NO4/c1-16(2,3)21-15(19)17-6-7-4-10-12-9-5-8(11(7)12)13(18)14(9)20-10/h7-14,18H,4-6H2,1-3H3,(H,17,19)/t7-,8+,9-,10+,11+,12+,13+,14+/m1/s1. The molecular weight excluding hydrogens is 270 g/mol. The first kappa shape index (κ1) is 13.8. The van der Waals surface area contributed by atoms with Crippen LogP contribution in [0.1, 0.15) is 33.6 Å². The van der Waals surface area contributed by atoms with Crippen LogP contribution in [0, 0.1) is 29.6 Å². The van der Waals surface area contributed by atoms with Gasteiger partial charge in [-0.3, -0.25) is 0 Å². The van der Waals surface area contributed by atoms with Gasteiger partial charge < -0.3 is 19.9 Å².